The van der Waals surface area contributed by atoms with Crippen LogP contribution in [-0.4, -0.2) is 10.1 Å². The predicted molar refractivity (Wildman–Crippen MR) is 79.5 cm³/mol. The number of hydrogen-bond donors (Lipinski definition) is 2. The maximum absolute atomic E-state index is 10.4. The molecule has 1 unspecified atom stereocenters. The third-order valence-corrected chi connectivity index (χ3v) is 4.21. The molecule has 3 rings (SSSR count). The highest BCUT2D eigenvalue weighted by Crippen LogP contribution is 2.33. The Morgan fingerprint density at radius 2 is 2.00 bits per heavy atom. The third-order valence-electron chi connectivity index (χ3n) is 2.89. The van der Waals surface area contributed by atoms with E-state index in [2.05, 4.69) is 4.98 Å². The molecule has 5 heteroatoms. The normalized spacial score (nSPS) is 12.7. The standard InChI is InChI=1S/C14H11ClN2OS/c15-8-5-6-10(16)9(7-8)13(18)14-17-11-3-1-2-4-12(11)19-14/h1-7,13,18H,16H2. The van der Waals surface area contributed by atoms with Crippen LogP contribution >= 0.6 is 22.9 Å². The first-order valence-electron chi connectivity index (χ1n) is 5.73. The zero-order valence-electron chi connectivity index (χ0n) is 9.88. The lowest BCUT2D eigenvalue weighted by molar-refractivity contribution is 0.221. The average Bonchev–Trinajstić information content (AvgIpc) is 2.84. The van der Waals surface area contributed by atoms with E-state index in [0.29, 0.717) is 21.3 Å². The summed E-state index contributed by atoms with van der Waals surface area (Å²) in [4.78, 5) is 4.43. The quantitative estimate of drug-likeness (QED) is 0.709. The van der Waals surface area contributed by atoms with E-state index in [1.165, 1.54) is 11.3 Å². The van der Waals surface area contributed by atoms with Gasteiger partial charge in [-0.2, -0.15) is 0 Å². The monoisotopic (exact) mass is 290 g/mol. The summed E-state index contributed by atoms with van der Waals surface area (Å²) in [5, 5.41) is 11.6. The first kappa shape index (κ1) is 12.4. The van der Waals surface area contributed by atoms with Gasteiger partial charge < -0.3 is 10.8 Å². The first-order chi connectivity index (χ1) is 9.15. The van der Waals surface area contributed by atoms with Gasteiger partial charge in [0.2, 0.25) is 0 Å². The Bertz CT molecular complexity index is 708. The fourth-order valence-corrected chi connectivity index (χ4v) is 3.08. The SMILES string of the molecule is Nc1ccc(Cl)cc1C(O)c1nc2ccccc2s1. The number of aromatic nitrogens is 1. The molecule has 0 saturated carbocycles. The highest BCUT2D eigenvalue weighted by molar-refractivity contribution is 7.18. The van der Waals surface area contributed by atoms with Crippen LogP contribution in [0, 0.1) is 0 Å². The van der Waals surface area contributed by atoms with Crippen molar-refractivity contribution in [2.45, 2.75) is 6.10 Å². The molecule has 2 aromatic carbocycles. The van der Waals surface area contributed by atoms with Crippen molar-refractivity contribution in [3.63, 3.8) is 0 Å². The Morgan fingerprint density at radius 1 is 1.21 bits per heavy atom. The summed E-state index contributed by atoms with van der Waals surface area (Å²) < 4.78 is 1.04. The number of aliphatic hydroxyl groups is 1. The van der Waals surface area contributed by atoms with Gasteiger partial charge in [0, 0.05) is 16.3 Å². The summed E-state index contributed by atoms with van der Waals surface area (Å²) in [6.07, 6.45) is -0.851. The number of halogens is 1. The van der Waals surface area contributed by atoms with Gasteiger partial charge in [-0.25, -0.2) is 4.98 Å². The van der Waals surface area contributed by atoms with Crippen molar-refractivity contribution in [3.8, 4) is 0 Å². The van der Waals surface area contributed by atoms with E-state index in [-0.39, 0.29) is 0 Å². The number of fused-ring (bicyclic) bond motifs is 1. The number of nitrogens with two attached hydrogens (primary N) is 1. The molecule has 0 saturated heterocycles. The van der Waals surface area contributed by atoms with E-state index in [4.69, 9.17) is 17.3 Å². The van der Waals surface area contributed by atoms with Gasteiger partial charge >= 0.3 is 0 Å². The van der Waals surface area contributed by atoms with Crippen molar-refractivity contribution < 1.29 is 5.11 Å². The number of anilines is 1. The Balaban J connectivity index is 2.07. The van der Waals surface area contributed by atoms with Crippen LogP contribution in [0.1, 0.15) is 16.7 Å². The van der Waals surface area contributed by atoms with Crippen LogP contribution in [0.4, 0.5) is 5.69 Å². The molecule has 0 aliphatic rings. The van der Waals surface area contributed by atoms with Gasteiger partial charge in [-0.3, -0.25) is 0 Å². The summed E-state index contributed by atoms with van der Waals surface area (Å²) in [5.41, 5.74) is 7.86. The molecule has 0 radical (unpaired) electrons. The largest absolute Gasteiger partial charge is 0.398 e. The van der Waals surface area contributed by atoms with Gasteiger partial charge in [0.15, 0.2) is 0 Å². The fourth-order valence-electron chi connectivity index (χ4n) is 1.92. The highest BCUT2D eigenvalue weighted by Gasteiger charge is 2.18. The van der Waals surface area contributed by atoms with Gasteiger partial charge in [0.05, 0.1) is 10.2 Å². The van der Waals surface area contributed by atoms with Crippen molar-refractivity contribution in [1.29, 1.82) is 0 Å². The maximum atomic E-state index is 10.4. The average molecular weight is 291 g/mol. The van der Waals surface area contributed by atoms with Crippen LogP contribution < -0.4 is 5.73 Å². The van der Waals surface area contributed by atoms with Crippen molar-refractivity contribution in [2.24, 2.45) is 0 Å². The lowest BCUT2D eigenvalue weighted by atomic mass is 10.1. The minimum atomic E-state index is -0.851. The smallest absolute Gasteiger partial charge is 0.133 e. The Morgan fingerprint density at radius 3 is 2.79 bits per heavy atom. The predicted octanol–water partition coefficient (Wildman–Crippen LogP) is 3.61. The van der Waals surface area contributed by atoms with Gasteiger partial charge in [0.1, 0.15) is 11.1 Å². The molecule has 0 aliphatic carbocycles. The van der Waals surface area contributed by atoms with Crippen molar-refractivity contribution >= 4 is 38.8 Å². The maximum Gasteiger partial charge on any atom is 0.133 e. The minimum Gasteiger partial charge on any atom is -0.398 e. The van der Waals surface area contributed by atoms with Gasteiger partial charge in [0.25, 0.3) is 0 Å². The highest BCUT2D eigenvalue weighted by atomic mass is 35.5. The van der Waals surface area contributed by atoms with Crippen LogP contribution in [0.2, 0.25) is 5.02 Å². The van der Waals surface area contributed by atoms with Gasteiger partial charge in [-0.05, 0) is 30.3 Å². The summed E-state index contributed by atoms with van der Waals surface area (Å²) in [6.45, 7) is 0. The van der Waals surface area contributed by atoms with E-state index in [1.54, 1.807) is 18.2 Å². The van der Waals surface area contributed by atoms with Gasteiger partial charge in [-0.15, -0.1) is 11.3 Å². The zero-order valence-corrected chi connectivity index (χ0v) is 11.4. The topological polar surface area (TPSA) is 59.1 Å². The van der Waals surface area contributed by atoms with Crippen LogP contribution in [0.3, 0.4) is 0 Å². The third kappa shape index (κ3) is 2.30. The number of nitrogens with zero attached hydrogens (tertiary/aromatic N) is 1. The van der Waals surface area contributed by atoms with Crippen LogP contribution in [-0.2, 0) is 0 Å². The van der Waals surface area contributed by atoms with E-state index in [0.717, 1.165) is 10.2 Å². The van der Waals surface area contributed by atoms with Crippen molar-refractivity contribution in [2.75, 3.05) is 5.73 Å². The molecule has 3 aromatic rings. The van der Waals surface area contributed by atoms with Crippen LogP contribution in [0.25, 0.3) is 10.2 Å². The number of nitrogen functional groups attached to an aromatic ring is 1. The second-order valence-electron chi connectivity index (χ2n) is 4.20. The summed E-state index contributed by atoms with van der Waals surface area (Å²) in [5.74, 6) is 0. The molecule has 3 nitrogen and oxygen atoms in total. The molecular weight excluding hydrogens is 280 g/mol. The summed E-state index contributed by atoms with van der Waals surface area (Å²) in [6, 6.07) is 12.8. The minimum absolute atomic E-state index is 0.510. The molecule has 0 aliphatic heterocycles. The van der Waals surface area contributed by atoms with Crippen molar-refractivity contribution in [1.82, 2.24) is 4.98 Å². The summed E-state index contributed by atoms with van der Waals surface area (Å²) >= 11 is 7.40. The Hall–Kier alpha value is -1.62. The molecule has 19 heavy (non-hydrogen) atoms. The fraction of sp³-hybridized carbons (Fsp3) is 0.0714. The molecule has 0 spiro atoms. The van der Waals surface area contributed by atoms with E-state index < -0.39 is 6.10 Å². The number of aliphatic hydroxyl groups excluding tert-OH is 1. The molecule has 1 heterocycles. The number of hydrogen-bond acceptors (Lipinski definition) is 4. The van der Waals surface area contributed by atoms with Crippen LogP contribution in [0.5, 0.6) is 0 Å². The molecule has 0 bridgehead atoms. The summed E-state index contributed by atoms with van der Waals surface area (Å²) in [7, 11) is 0. The van der Waals surface area contributed by atoms with Crippen LogP contribution in [0.15, 0.2) is 42.5 Å². The number of thiazole rings is 1. The number of para-hydroxylation sites is 1. The lowest BCUT2D eigenvalue weighted by Gasteiger charge is -2.11. The second-order valence-corrected chi connectivity index (χ2v) is 5.69. The number of rotatable bonds is 2. The van der Waals surface area contributed by atoms with Crippen molar-refractivity contribution in [3.05, 3.63) is 58.1 Å². The van der Waals surface area contributed by atoms with Gasteiger partial charge in [-0.1, -0.05) is 23.7 Å². The molecule has 0 amide bonds. The van der Waals surface area contributed by atoms with E-state index >= 15 is 0 Å². The number of benzene rings is 2. The first-order valence-corrected chi connectivity index (χ1v) is 6.93. The molecule has 3 N–H and O–H groups in total. The molecule has 0 fully saturated rings. The molecule has 96 valence electrons. The lowest BCUT2D eigenvalue weighted by Crippen LogP contribution is -2.03. The Labute approximate surface area is 119 Å². The van der Waals surface area contributed by atoms with E-state index in [1.807, 2.05) is 24.3 Å². The molecular formula is C14H11ClN2OS. The molecule has 1 aromatic heterocycles. The zero-order chi connectivity index (χ0) is 13.4. The molecule has 1 atom stereocenters. The Kier molecular flexibility index (Phi) is 3.14. The second kappa shape index (κ2) is 4.81. The van der Waals surface area contributed by atoms with E-state index in [9.17, 15) is 5.11 Å².